The molecule has 2 rings (SSSR count). The molecule has 0 saturated carbocycles. The fourth-order valence-corrected chi connectivity index (χ4v) is 3.32. The van der Waals surface area contributed by atoms with Crippen LogP contribution in [-0.4, -0.2) is 44.5 Å². The van der Waals surface area contributed by atoms with E-state index in [1.165, 1.54) is 0 Å². The fourth-order valence-electron chi connectivity index (χ4n) is 2.05. The lowest BCUT2D eigenvalue weighted by Crippen LogP contribution is -2.27. The van der Waals surface area contributed by atoms with Crippen LogP contribution in [0.15, 0.2) is 10.7 Å². The maximum Gasteiger partial charge on any atom is 0.297 e. The van der Waals surface area contributed by atoms with Gasteiger partial charge in [-0.1, -0.05) is 6.92 Å². The first-order valence-electron chi connectivity index (χ1n) is 6.71. The summed E-state index contributed by atoms with van der Waals surface area (Å²) in [5, 5.41) is 3.26. The second-order valence-electron chi connectivity index (χ2n) is 4.79. The smallest absolute Gasteiger partial charge is 0.297 e. The Bertz CT molecular complexity index is 498. The fraction of sp³-hybridized carbons (Fsp3) is 0.750. The highest BCUT2D eigenvalue weighted by atomic mass is 32.2. The normalized spacial score (nSPS) is 19.3. The highest BCUT2D eigenvalue weighted by molar-refractivity contribution is 7.91. The Morgan fingerprint density at radius 3 is 3.05 bits per heavy atom. The zero-order chi connectivity index (χ0) is 13.7. The van der Waals surface area contributed by atoms with E-state index in [-0.39, 0.29) is 11.5 Å². The predicted molar refractivity (Wildman–Crippen MR) is 74.0 cm³/mol. The van der Waals surface area contributed by atoms with Crippen LogP contribution in [0.25, 0.3) is 0 Å². The summed E-state index contributed by atoms with van der Waals surface area (Å²) in [6, 6.07) is 0.533. The lowest BCUT2D eigenvalue weighted by atomic mass is 10.4. The molecule has 0 bridgehead atoms. The van der Waals surface area contributed by atoms with Gasteiger partial charge in [-0.15, -0.1) is 0 Å². The lowest BCUT2D eigenvalue weighted by Gasteiger charge is -2.16. The maximum absolute atomic E-state index is 11.5. The van der Waals surface area contributed by atoms with E-state index in [1.807, 2.05) is 4.90 Å². The van der Waals surface area contributed by atoms with Crippen molar-refractivity contribution in [3.8, 4) is 0 Å². The Hall–Kier alpha value is -1.08. The van der Waals surface area contributed by atoms with Gasteiger partial charge in [0, 0.05) is 19.6 Å². The minimum atomic E-state index is -2.89. The molecule has 0 amide bonds. The number of aromatic nitrogens is 1. The number of oxazole rings is 1. The topological polar surface area (TPSA) is 75.4 Å². The van der Waals surface area contributed by atoms with E-state index in [2.05, 4.69) is 17.2 Å². The summed E-state index contributed by atoms with van der Waals surface area (Å²) >= 11 is 0. The molecule has 0 aliphatic carbocycles. The molecule has 0 atom stereocenters. The van der Waals surface area contributed by atoms with Crippen LogP contribution in [-0.2, 0) is 16.4 Å². The quantitative estimate of drug-likeness (QED) is 0.807. The number of hydrogen-bond acceptors (Lipinski definition) is 6. The molecule has 1 fully saturated rings. The summed E-state index contributed by atoms with van der Waals surface area (Å²) in [5.74, 6) is 0.438. The van der Waals surface area contributed by atoms with Crippen molar-refractivity contribution in [3.63, 3.8) is 0 Å². The summed E-state index contributed by atoms with van der Waals surface area (Å²) in [6.45, 7) is 4.89. The molecule has 1 aliphatic rings. The molecule has 1 aromatic rings. The van der Waals surface area contributed by atoms with E-state index in [4.69, 9.17) is 4.42 Å². The molecule has 1 aromatic heterocycles. The van der Waals surface area contributed by atoms with Gasteiger partial charge in [-0.3, -0.25) is 0 Å². The summed E-state index contributed by atoms with van der Waals surface area (Å²) < 4.78 is 28.5. The first-order valence-corrected chi connectivity index (χ1v) is 8.53. The minimum absolute atomic E-state index is 0.179. The Morgan fingerprint density at radius 2 is 2.26 bits per heavy atom. The number of nitrogens with one attached hydrogen (secondary N) is 1. The Morgan fingerprint density at radius 1 is 1.42 bits per heavy atom. The van der Waals surface area contributed by atoms with Gasteiger partial charge in [-0.2, -0.15) is 4.98 Å². The summed E-state index contributed by atoms with van der Waals surface area (Å²) in [6.07, 6.45) is 3.35. The van der Waals surface area contributed by atoms with Gasteiger partial charge in [0.25, 0.3) is 6.01 Å². The molecule has 0 spiro atoms. The van der Waals surface area contributed by atoms with Crippen LogP contribution in [0.3, 0.4) is 0 Å². The van der Waals surface area contributed by atoms with Gasteiger partial charge in [0.05, 0.1) is 17.2 Å². The standard InChI is InChI=1S/C12H21N3O3S/c1-2-4-13-9-11-10-18-12(14-11)15-5-3-7-19(16,17)8-6-15/h10,13H,2-9H2,1H3. The van der Waals surface area contributed by atoms with Crippen molar-refractivity contribution in [2.24, 2.45) is 0 Å². The van der Waals surface area contributed by atoms with E-state index in [1.54, 1.807) is 6.26 Å². The average Bonchev–Trinajstić information content (AvgIpc) is 2.75. The first kappa shape index (κ1) is 14.3. The Kier molecular flexibility index (Phi) is 4.81. The van der Waals surface area contributed by atoms with Gasteiger partial charge < -0.3 is 14.6 Å². The molecule has 0 aromatic carbocycles. The van der Waals surface area contributed by atoms with Crippen molar-refractivity contribution in [1.29, 1.82) is 0 Å². The second-order valence-corrected chi connectivity index (χ2v) is 7.09. The number of nitrogens with zero attached hydrogens (tertiary/aromatic N) is 2. The second kappa shape index (κ2) is 6.38. The van der Waals surface area contributed by atoms with Gasteiger partial charge in [0.2, 0.25) is 0 Å². The Balaban J connectivity index is 1.94. The third-order valence-electron chi connectivity index (χ3n) is 3.10. The van der Waals surface area contributed by atoms with Crippen molar-refractivity contribution < 1.29 is 12.8 Å². The highest BCUT2D eigenvalue weighted by Gasteiger charge is 2.21. The molecule has 1 saturated heterocycles. The third-order valence-corrected chi connectivity index (χ3v) is 4.81. The average molecular weight is 287 g/mol. The molecule has 0 unspecified atom stereocenters. The summed E-state index contributed by atoms with van der Waals surface area (Å²) in [5.41, 5.74) is 0.857. The van der Waals surface area contributed by atoms with Crippen LogP contribution in [0, 0.1) is 0 Å². The van der Waals surface area contributed by atoms with Crippen LogP contribution in [0.1, 0.15) is 25.5 Å². The largest absolute Gasteiger partial charge is 0.432 e. The van der Waals surface area contributed by atoms with Crippen molar-refractivity contribution in [2.75, 3.05) is 36.0 Å². The van der Waals surface area contributed by atoms with Gasteiger partial charge >= 0.3 is 0 Å². The van der Waals surface area contributed by atoms with Crippen LogP contribution >= 0.6 is 0 Å². The molecule has 0 radical (unpaired) electrons. The summed E-state index contributed by atoms with van der Waals surface area (Å²) in [7, 11) is -2.89. The zero-order valence-electron chi connectivity index (χ0n) is 11.3. The van der Waals surface area contributed by atoms with E-state index < -0.39 is 9.84 Å². The van der Waals surface area contributed by atoms with Crippen molar-refractivity contribution in [2.45, 2.75) is 26.3 Å². The molecule has 108 valence electrons. The van der Waals surface area contributed by atoms with E-state index in [0.717, 1.165) is 18.7 Å². The van der Waals surface area contributed by atoms with E-state index in [0.29, 0.717) is 32.1 Å². The first-order chi connectivity index (χ1) is 9.11. The zero-order valence-corrected chi connectivity index (χ0v) is 12.1. The SMILES string of the molecule is CCCNCc1coc(N2CCCS(=O)(=O)CC2)n1. The molecule has 6 nitrogen and oxygen atoms in total. The molecule has 2 heterocycles. The number of hydrogen-bond donors (Lipinski definition) is 1. The molecule has 7 heteroatoms. The van der Waals surface area contributed by atoms with Gasteiger partial charge in [-0.25, -0.2) is 8.42 Å². The van der Waals surface area contributed by atoms with Crippen LogP contribution in [0.5, 0.6) is 0 Å². The number of rotatable bonds is 5. The van der Waals surface area contributed by atoms with Crippen LogP contribution < -0.4 is 10.2 Å². The van der Waals surface area contributed by atoms with E-state index >= 15 is 0 Å². The lowest BCUT2D eigenvalue weighted by molar-refractivity contribution is 0.535. The van der Waals surface area contributed by atoms with Gasteiger partial charge in [-0.05, 0) is 19.4 Å². The molecular weight excluding hydrogens is 266 g/mol. The minimum Gasteiger partial charge on any atom is -0.432 e. The molecule has 1 N–H and O–H groups in total. The number of anilines is 1. The van der Waals surface area contributed by atoms with Gasteiger partial charge in [0.15, 0.2) is 9.84 Å². The molecular formula is C12H21N3O3S. The summed E-state index contributed by atoms with van der Waals surface area (Å²) in [4.78, 5) is 6.31. The predicted octanol–water partition coefficient (Wildman–Crippen LogP) is 0.799. The van der Waals surface area contributed by atoms with Crippen molar-refractivity contribution in [3.05, 3.63) is 12.0 Å². The Labute approximate surface area is 114 Å². The third kappa shape index (κ3) is 4.21. The molecule has 1 aliphatic heterocycles. The van der Waals surface area contributed by atoms with Crippen molar-refractivity contribution in [1.82, 2.24) is 10.3 Å². The monoisotopic (exact) mass is 287 g/mol. The number of sulfone groups is 1. The van der Waals surface area contributed by atoms with Crippen molar-refractivity contribution >= 4 is 15.9 Å². The maximum atomic E-state index is 11.5. The highest BCUT2D eigenvalue weighted by Crippen LogP contribution is 2.16. The molecule has 19 heavy (non-hydrogen) atoms. The van der Waals surface area contributed by atoms with Crippen LogP contribution in [0.4, 0.5) is 6.01 Å². The van der Waals surface area contributed by atoms with E-state index in [9.17, 15) is 8.42 Å². The van der Waals surface area contributed by atoms with Crippen LogP contribution in [0.2, 0.25) is 0 Å². The van der Waals surface area contributed by atoms with Gasteiger partial charge in [0.1, 0.15) is 6.26 Å².